The second-order valence-corrected chi connectivity index (χ2v) is 6.56. The fourth-order valence-corrected chi connectivity index (χ4v) is 3.09. The molecule has 0 fully saturated rings. The summed E-state index contributed by atoms with van der Waals surface area (Å²) in [5, 5.41) is 17.3. The Balaban J connectivity index is 0.00000117. The van der Waals surface area contributed by atoms with E-state index < -0.39 is 0 Å². The van der Waals surface area contributed by atoms with Crippen LogP contribution in [0.15, 0.2) is 66.7 Å². The molecule has 0 saturated carbocycles. The van der Waals surface area contributed by atoms with Crippen molar-refractivity contribution in [2.24, 2.45) is 0 Å². The first-order valence-electron chi connectivity index (χ1n) is 8.98. The topological polar surface area (TPSA) is 70.8 Å². The molecule has 0 radical (unpaired) electrons. The quantitative estimate of drug-likeness (QED) is 0.459. The second-order valence-electron chi connectivity index (χ2n) is 6.56. The van der Waals surface area contributed by atoms with Crippen LogP contribution in [0.2, 0.25) is 0 Å². The summed E-state index contributed by atoms with van der Waals surface area (Å²) in [5.74, 6) is 0.357. The van der Waals surface area contributed by atoms with Crippen molar-refractivity contribution in [2.45, 2.75) is 13.8 Å². The van der Waals surface area contributed by atoms with Crippen LogP contribution < -0.4 is 5.32 Å². The van der Waals surface area contributed by atoms with Gasteiger partial charge in [-0.15, -0.1) is 0 Å². The minimum atomic E-state index is -0.324. The number of carbonyl (C=O) groups is 1. The van der Waals surface area contributed by atoms with Crippen LogP contribution in [0.3, 0.4) is 0 Å². The van der Waals surface area contributed by atoms with E-state index in [-0.39, 0.29) is 5.82 Å². The molecule has 1 heterocycles. The Hall–Kier alpha value is -3.80. The summed E-state index contributed by atoms with van der Waals surface area (Å²) in [6.45, 7) is 5.63. The molecule has 4 rings (SSSR count). The molecule has 0 aliphatic rings. The molecule has 29 heavy (non-hydrogen) atoms. The van der Waals surface area contributed by atoms with Gasteiger partial charge in [-0.25, -0.2) is 9.07 Å². The van der Waals surface area contributed by atoms with E-state index >= 15 is 0 Å². The van der Waals surface area contributed by atoms with Gasteiger partial charge in [0.2, 0.25) is 0 Å². The Bertz CT molecular complexity index is 1170. The van der Waals surface area contributed by atoms with Gasteiger partial charge in [-0.3, -0.25) is 0 Å². The number of halogens is 1. The van der Waals surface area contributed by atoms with Gasteiger partial charge in [0.1, 0.15) is 24.1 Å². The normalized spacial score (nSPS) is 10.3. The van der Waals surface area contributed by atoms with Crippen LogP contribution >= 0.6 is 0 Å². The summed E-state index contributed by atoms with van der Waals surface area (Å²) in [6, 6.07) is 20.5. The maximum Gasteiger partial charge on any atom is 0.149 e. The number of aryl methyl sites for hydroxylation is 1. The first-order valence-corrected chi connectivity index (χ1v) is 8.98. The number of nitrogens with zero attached hydrogens (tertiary/aromatic N) is 2. The Morgan fingerprint density at radius 3 is 2.28 bits per heavy atom. The lowest BCUT2D eigenvalue weighted by molar-refractivity contribution is -0.0979. The molecule has 0 aliphatic carbocycles. The van der Waals surface area contributed by atoms with Gasteiger partial charge in [0, 0.05) is 17.5 Å². The molecule has 2 N–H and O–H groups in total. The van der Waals surface area contributed by atoms with Crippen LogP contribution in [0.5, 0.6) is 0 Å². The van der Waals surface area contributed by atoms with E-state index in [1.165, 1.54) is 6.07 Å². The molecule has 0 aliphatic heterocycles. The third-order valence-corrected chi connectivity index (χ3v) is 4.47. The smallest absolute Gasteiger partial charge is 0.149 e. The van der Waals surface area contributed by atoms with Crippen LogP contribution in [0.4, 0.5) is 15.9 Å². The third-order valence-electron chi connectivity index (χ3n) is 4.47. The van der Waals surface area contributed by atoms with Gasteiger partial charge < -0.3 is 15.5 Å². The molecule has 146 valence electrons. The average Bonchev–Trinajstić information content (AvgIpc) is 3.09. The van der Waals surface area contributed by atoms with Crippen molar-refractivity contribution in [3.8, 4) is 5.69 Å². The molecule has 0 spiro atoms. The lowest BCUT2D eigenvalue weighted by Crippen LogP contribution is -2.05. The first kappa shape index (κ1) is 19.9. The van der Waals surface area contributed by atoms with Crippen molar-refractivity contribution >= 4 is 34.8 Å². The van der Waals surface area contributed by atoms with Crippen LogP contribution in [0, 0.1) is 18.2 Å². The van der Waals surface area contributed by atoms with Gasteiger partial charge in [-0.1, -0.05) is 36.4 Å². The standard InChI is InChI=1S/C22H19FN4.CH2O/c1-14-11-22(25-19-9-7-16(8-10-19)15(2)24)27(26-14)21-13-18-6-4-3-5-17(18)12-20(21)23;1-2/h3-13,24-25H,1-2H3;1H2. The first-order chi connectivity index (χ1) is 14.0. The SMILES string of the molecule is C=O.CC(=N)c1ccc(Nc2cc(C)nn2-c2cc3ccccc3cc2F)cc1. The largest absolute Gasteiger partial charge is 0.340 e. The minimum Gasteiger partial charge on any atom is -0.340 e. The summed E-state index contributed by atoms with van der Waals surface area (Å²) in [6.07, 6.45) is 0. The Morgan fingerprint density at radius 1 is 1.03 bits per heavy atom. The highest BCUT2D eigenvalue weighted by Gasteiger charge is 2.13. The van der Waals surface area contributed by atoms with E-state index in [2.05, 4.69) is 10.4 Å². The van der Waals surface area contributed by atoms with Crippen LogP contribution in [0.1, 0.15) is 18.2 Å². The lowest BCUT2D eigenvalue weighted by atomic mass is 10.1. The number of hydrogen-bond donors (Lipinski definition) is 2. The van der Waals surface area contributed by atoms with Crippen molar-refractivity contribution in [1.82, 2.24) is 9.78 Å². The summed E-state index contributed by atoms with van der Waals surface area (Å²) < 4.78 is 16.4. The van der Waals surface area contributed by atoms with Gasteiger partial charge in [-0.05, 0) is 54.4 Å². The fourth-order valence-electron chi connectivity index (χ4n) is 3.09. The number of carbonyl (C=O) groups excluding carboxylic acids is 1. The number of nitrogens with one attached hydrogen (secondary N) is 2. The van der Waals surface area contributed by atoms with Crippen LogP contribution in [-0.4, -0.2) is 22.3 Å². The maximum atomic E-state index is 14.8. The summed E-state index contributed by atoms with van der Waals surface area (Å²) in [5.41, 5.74) is 3.42. The lowest BCUT2D eigenvalue weighted by Gasteiger charge is -2.12. The van der Waals surface area contributed by atoms with E-state index in [1.807, 2.05) is 74.4 Å². The molecule has 3 aromatic carbocycles. The van der Waals surface area contributed by atoms with Crippen molar-refractivity contribution < 1.29 is 9.18 Å². The van der Waals surface area contributed by atoms with E-state index in [9.17, 15) is 4.39 Å². The summed E-state index contributed by atoms with van der Waals surface area (Å²) in [7, 11) is 0. The van der Waals surface area contributed by atoms with E-state index in [0.717, 1.165) is 27.7 Å². The molecule has 5 nitrogen and oxygen atoms in total. The molecule has 0 saturated heterocycles. The molecule has 0 bridgehead atoms. The number of aromatic nitrogens is 2. The predicted molar refractivity (Wildman–Crippen MR) is 115 cm³/mol. The minimum absolute atomic E-state index is 0.324. The van der Waals surface area contributed by atoms with Crippen LogP contribution in [-0.2, 0) is 4.79 Å². The molecule has 6 heteroatoms. The number of rotatable bonds is 4. The molecular formula is C23H21FN4O. The highest BCUT2D eigenvalue weighted by atomic mass is 19.1. The zero-order valence-electron chi connectivity index (χ0n) is 16.2. The van der Waals surface area contributed by atoms with Gasteiger partial charge in [-0.2, -0.15) is 5.10 Å². The third kappa shape index (κ3) is 4.21. The zero-order valence-corrected chi connectivity index (χ0v) is 16.2. The number of benzene rings is 3. The fraction of sp³-hybridized carbons (Fsp3) is 0.0870. The van der Waals surface area contributed by atoms with E-state index in [0.29, 0.717) is 17.2 Å². The van der Waals surface area contributed by atoms with Crippen molar-refractivity contribution in [2.75, 3.05) is 5.32 Å². The maximum absolute atomic E-state index is 14.8. The predicted octanol–water partition coefficient (Wildman–Crippen LogP) is 5.42. The van der Waals surface area contributed by atoms with Gasteiger partial charge in [0.15, 0.2) is 0 Å². The van der Waals surface area contributed by atoms with Gasteiger partial charge >= 0.3 is 0 Å². The Labute approximate surface area is 168 Å². The van der Waals surface area contributed by atoms with Gasteiger partial charge in [0.25, 0.3) is 0 Å². The summed E-state index contributed by atoms with van der Waals surface area (Å²) in [4.78, 5) is 8.00. The van der Waals surface area contributed by atoms with E-state index in [1.54, 1.807) is 11.6 Å². The van der Waals surface area contributed by atoms with Crippen LogP contribution in [0.25, 0.3) is 16.5 Å². The van der Waals surface area contributed by atoms with Crippen molar-refractivity contribution in [3.05, 3.63) is 83.8 Å². The zero-order chi connectivity index (χ0) is 21.0. The molecule has 0 atom stereocenters. The van der Waals surface area contributed by atoms with Crippen molar-refractivity contribution in [1.29, 1.82) is 5.41 Å². The molecule has 0 amide bonds. The molecule has 0 unspecified atom stereocenters. The number of anilines is 2. The Kier molecular flexibility index (Phi) is 5.83. The highest BCUT2D eigenvalue weighted by molar-refractivity contribution is 5.96. The Morgan fingerprint density at radius 2 is 1.66 bits per heavy atom. The molecular weight excluding hydrogens is 367 g/mol. The summed E-state index contributed by atoms with van der Waals surface area (Å²) >= 11 is 0. The van der Waals surface area contributed by atoms with E-state index in [4.69, 9.17) is 10.2 Å². The number of fused-ring (bicyclic) bond motifs is 1. The number of hydrogen-bond acceptors (Lipinski definition) is 4. The van der Waals surface area contributed by atoms with Gasteiger partial charge in [0.05, 0.1) is 5.69 Å². The molecule has 4 aromatic rings. The highest BCUT2D eigenvalue weighted by Crippen LogP contribution is 2.27. The average molecular weight is 388 g/mol. The second kappa shape index (κ2) is 8.48. The monoisotopic (exact) mass is 388 g/mol. The molecule has 1 aromatic heterocycles. The van der Waals surface area contributed by atoms with Crippen molar-refractivity contribution in [3.63, 3.8) is 0 Å².